The van der Waals surface area contributed by atoms with Crippen LogP contribution in [0.3, 0.4) is 0 Å². The second-order valence-corrected chi connectivity index (χ2v) is 8.31. The quantitative estimate of drug-likeness (QED) is 0.673. The maximum Gasteiger partial charge on any atom is 0.490 e. The third kappa shape index (κ3) is 7.13. The van der Waals surface area contributed by atoms with Crippen LogP contribution < -0.4 is 0 Å². The van der Waals surface area contributed by atoms with Crippen molar-refractivity contribution in [1.29, 1.82) is 0 Å². The van der Waals surface area contributed by atoms with Crippen molar-refractivity contribution in [3.05, 3.63) is 35.6 Å². The van der Waals surface area contributed by atoms with Crippen molar-refractivity contribution in [3.8, 4) is 0 Å². The third-order valence-corrected chi connectivity index (χ3v) is 6.08. The van der Waals surface area contributed by atoms with Crippen molar-refractivity contribution in [1.82, 2.24) is 4.90 Å². The predicted molar refractivity (Wildman–Crippen MR) is 107 cm³/mol. The second-order valence-electron chi connectivity index (χ2n) is 8.31. The Kier molecular flexibility index (Phi) is 8.87. The van der Waals surface area contributed by atoms with Gasteiger partial charge >= 0.3 is 12.1 Å². The molecule has 4 rings (SSSR count). The van der Waals surface area contributed by atoms with Gasteiger partial charge in [0.05, 0.1) is 25.4 Å². The van der Waals surface area contributed by atoms with Gasteiger partial charge in [-0.2, -0.15) is 13.2 Å². The molecule has 0 radical (unpaired) electrons. The summed E-state index contributed by atoms with van der Waals surface area (Å²) in [6.07, 6.45) is -0.294. The van der Waals surface area contributed by atoms with Gasteiger partial charge in [-0.25, -0.2) is 9.18 Å². The van der Waals surface area contributed by atoms with Crippen LogP contribution in [0.15, 0.2) is 24.3 Å². The van der Waals surface area contributed by atoms with Crippen LogP contribution >= 0.6 is 0 Å². The lowest BCUT2D eigenvalue weighted by Crippen LogP contribution is -2.51. The molecule has 0 aromatic heterocycles. The molecule has 1 saturated carbocycles. The number of aliphatic carboxylic acids is 1. The van der Waals surface area contributed by atoms with Crippen molar-refractivity contribution in [2.45, 2.75) is 56.7 Å². The molecule has 1 N–H and O–H groups in total. The van der Waals surface area contributed by atoms with E-state index in [-0.39, 0.29) is 18.0 Å². The van der Waals surface area contributed by atoms with E-state index in [4.69, 9.17) is 24.1 Å². The summed E-state index contributed by atoms with van der Waals surface area (Å²) in [7, 11) is 0. The first-order chi connectivity index (χ1) is 15.2. The molecule has 0 bridgehead atoms. The van der Waals surface area contributed by atoms with E-state index in [2.05, 4.69) is 4.90 Å². The lowest BCUT2D eigenvalue weighted by Gasteiger charge is -2.39. The molecule has 3 aliphatic rings. The van der Waals surface area contributed by atoms with Crippen molar-refractivity contribution < 1.29 is 41.7 Å². The molecule has 1 aliphatic carbocycles. The summed E-state index contributed by atoms with van der Waals surface area (Å²) in [6.45, 7) is 5.11. The van der Waals surface area contributed by atoms with Gasteiger partial charge in [0.15, 0.2) is 0 Å². The van der Waals surface area contributed by atoms with Gasteiger partial charge in [-0.3, -0.25) is 4.90 Å². The number of hydrogen-bond donors (Lipinski definition) is 1. The molecular formula is C22H29F4NO5. The van der Waals surface area contributed by atoms with Crippen molar-refractivity contribution >= 4 is 5.97 Å². The van der Waals surface area contributed by atoms with Gasteiger partial charge in [0.2, 0.25) is 0 Å². The Hall–Kier alpha value is -1.75. The van der Waals surface area contributed by atoms with E-state index in [0.717, 1.165) is 70.8 Å². The van der Waals surface area contributed by atoms with Crippen molar-refractivity contribution in [2.75, 3.05) is 33.0 Å². The molecule has 1 aromatic rings. The van der Waals surface area contributed by atoms with Gasteiger partial charge in [0.1, 0.15) is 5.82 Å². The summed E-state index contributed by atoms with van der Waals surface area (Å²) in [6, 6.07) is 7.27. The minimum Gasteiger partial charge on any atom is -0.475 e. The number of carboxylic acids is 1. The molecule has 2 saturated heterocycles. The summed E-state index contributed by atoms with van der Waals surface area (Å²) in [5.74, 6) is -2.30. The molecule has 6 nitrogen and oxygen atoms in total. The number of ether oxygens (including phenoxy) is 3. The molecule has 0 unspecified atom stereocenters. The topological polar surface area (TPSA) is 68.2 Å². The summed E-state index contributed by atoms with van der Waals surface area (Å²) in [5.41, 5.74) is 1.16. The van der Waals surface area contributed by atoms with E-state index >= 15 is 0 Å². The molecular weight excluding hydrogens is 434 g/mol. The fourth-order valence-corrected chi connectivity index (χ4v) is 4.36. The lowest BCUT2D eigenvalue weighted by atomic mass is 10.0. The normalized spacial score (nSPS) is 26.8. The maximum atomic E-state index is 13.1. The number of carbonyl (C=O) groups is 1. The van der Waals surface area contributed by atoms with Gasteiger partial charge in [0, 0.05) is 32.3 Å². The molecule has 0 spiro atoms. The minimum absolute atomic E-state index is 0.175. The van der Waals surface area contributed by atoms with Crippen LogP contribution in [0.5, 0.6) is 0 Å². The number of fused-ring (bicyclic) bond motifs is 1. The number of hydrogen-bond acceptors (Lipinski definition) is 5. The zero-order valence-electron chi connectivity index (χ0n) is 17.7. The number of morpholine rings is 1. The number of nitrogens with zero attached hydrogens (tertiary/aromatic N) is 1. The molecule has 3 atom stereocenters. The maximum absolute atomic E-state index is 13.1. The van der Waals surface area contributed by atoms with Crippen LogP contribution in [0, 0.1) is 11.7 Å². The number of benzene rings is 1. The fourth-order valence-electron chi connectivity index (χ4n) is 4.36. The van der Waals surface area contributed by atoms with Gasteiger partial charge in [-0.1, -0.05) is 12.1 Å². The Morgan fingerprint density at radius 2 is 1.75 bits per heavy atom. The highest BCUT2D eigenvalue weighted by Crippen LogP contribution is 2.33. The van der Waals surface area contributed by atoms with E-state index in [0.29, 0.717) is 12.0 Å². The van der Waals surface area contributed by atoms with E-state index in [1.54, 1.807) is 12.1 Å². The highest BCUT2D eigenvalue weighted by atomic mass is 19.4. The van der Waals surface area contributed by atoms with Crippen LogP contribution in [0.2, 0.25) is 0 Å². The van der Waals surface area contributed by atoms with Crippen LogP contribution in [-0.4, -0.2) is 73.4 Å². The van der Waals surface area contributed by atoms with Crippen LogP contribution in [0.25, 0.3) is 0 Å². The summed E-state index contributed by atoms with van der Waals surface area (Å²) in [4.78, 5) is 11.4. The van der Waals surface area contributed by atoms with Crippen LogP contribution in [0.1, 0.15) is 31.2 Å². The molecule has 180 valence electrons. The lowest BCUT2D eigenvalue weighted by molar-refractivity contribution is -0.192. The first-order valence-electron chi connectivity index (χ1n) is 10.8. The summed E-state index contributed by atoms with van der Waals surface area (Å²) < 4.78 is 62.6. The molecule has 2 heterocycles. The summed E-state index contributed by atoms with van der Waals surface area (Å²) >= 11 is 0. The van der Waals surface area contributed by atoms with E-state index in [1.807, 2.05) is 12.1 Å². The number of halogens is 4. The number of rotatable bonds is 5. The first-order valence-corrected chi connectivity index (χ1v) is 10.8. The van der Waals surface area contributed by atoms with Crippen LogP contribution in [0.4, 0.5) is 17.6 Å². The zero-order valence-corrected chi connectivity index (χ0v) is 17.7. The summed E-state index contributed by atoms with van der Waals surface area (Å²) in [5, 5.41) is 7.12. The molecule has 32 heavy (non-hydrogen) atoms. The second kappa shape index (κ2) is 11.4. The largest absolute Gasteiger partial charge is 0.490 e. The Morgan fingerprint density at radius 1 is 1.09 bits per heavy atom. The SMILES string of the molecule is Fc1ccc(CN2CCO[C@H]3[C@H](OCC4CCOCC4)CC[C@@H]32)cc1.O=C(O)C(F)(F)F. The zero-order chi connectivity index (χ0) is 23.1. The first kappa shape index (κ1) is 24.9. The molecule has 3 fully saturated rings. The average molecular weight is 463 g/mol. The Labute approximate surface area is 184 Å². The van der Waals surface area contributed by atoms with Gasteiger partial charge in [0.25, 0.3) is 0 Å². The highest BCUT2D eigenvalue weighted by molar-refractivity contribution is 5.73. The van der Waals surface area contributed by atoms with E-state index in [1.165, 1.54) is 0 Å². The molecule has 2 aliphatic heterocycles. The van der Waals surface area contributed by atoms with E-state index < -0.39 is 12.1 Å². The van der Waals surface area contributed by atoms with Gasteiger partial charge in [-0.05, 0) is 49.3 Å². The number of alkyl halides is 3. The standard InChI is InChI=1S/C20H28FNO3.C2HF3O2/c21-17-3-1-15(2-4-17)13-22-9-12-24-20-18(22)5-6-19(20)25-14-16-7-10-23-11-8-16;3-2(4,5)1(6)7/h1-4,16,18-20H,5-14H2;(H,6,7)/t18-,19+,20+;/m0./s1. The molecule has 1 aromatic carbocycles. The van der Waals surface area contributed by atoms with Gasteiger partial charge < -0.3 is 19.3 Å². The Balaban J connectivity index is 0.000000360. The van der Waals surface area contributed by atoms with Crippen molar-refractivity contribution in [2.24, 2.45) is 5.92 Å². The Morgan fingerprint density at radius 3 is 2.38 bits per heavy atom. The highest BCUT2D eigenvalue weighted by Gasteiger charge is 2.43. The average Bonchev–Trinajstić information content (AvgIpc) is 3.18. The fraction of sp³-hybridized carbons (Fsp3) is 0.682. The molecule has 10 heteroatoms. The third-order valence-electron chi connectivity index (χ3n) is 6.08. The Bertz CT molecular complexity index is 724. The smallest absolute Gasteiger partial charge is 0.475 e. The van der Waals surface area contributed by atoms with Gasteiger partial charge in [-0.15, -0.1) is 0 Å². The number of carboxylic acid groups (broad SMARTS) is 1. The van der Waals surface area contributed by atoms with Crippen LogP contribution in [-0.2, 0) is 25.5 Å². The van der Waals surface area contributed by atoms with E-state index in [9.17, 15) is 17.6 Å². The predicted octanol–water partition coefficient (Wildman–Crippen LogP) is 3.63. The molecule has 0 amide bonds. The monoisotopic (exact) mass is 463 g/mol. The minimum atomic E-state index is -5.08. The van der Waals surface area contributed by atoms with Crippen molar-refractivity contribution in [3.63, 3.8) is 0 Å².